The van der Waals surface area contributed by atoms with Crippen LogP contribution in [0.15, 0.2) is 66.9 Å². The maximum atomic E-state index is 12.5. The molecule has 156 valence electrons. The molecule has 0 aliphatic rings. The highest BCUT2D eigenvalue weighted by Crippen LogP contribution is 2.22. The van der Waals surface area contributed by atoms with Crippen LogP contribution in [-0.2, 0) is 16.0 Å². The molecule has 0 radical (unpaired) electrons. The third-order valence-corrected chi connectivity index (χ3v) is 4.87. The number of nitrogens with one attached hydrogen (secondary N) is 1. The summed E-state index contributed by atoms with van der Waals surface area (Å²) >= 11 is 0. The largest absolute Gasteiger partial charge is 0.464 e. The van der Waals surface area contributed by atoms with Gasteiger partial charge in [0.15, 0.2) is 0 Å². The van der Waals surface area contributed by atoms with Gasteiger partial charge in [-0.15, -0.1) is 0 Å². The van der Waals surface area contributed by atoms with Gasteiger partial charge in [0, 0.05) is 12.0 Å². The first-order valence-electron chi connectivity index (χ1n) is 10.6. The van der Waals surface area contributed by atoms with Crippen molar-refractivity contribution in [2.45, 2.75) is 45.6 Å². The number of unbranched alkanes of at least 4 members (excludes halogenated alkanes) is 1. The molecule has 3 aromatic rings. The fourth-order valence-electron chi connectivity index (χ4n) is 3.12. The fraction of sp³-hybridized carbons (Fsp3) is 0.320. The summed E-state index contributed by atoms with van der Waals surface area (Å²) in [5.74, 6) is 0.378. The molecule has 0 amide bonds. The minimum absolute atomic E-state index is 0.245. The number of aromatic nitrogens is 2. The number of rotatable bonds is 10. The van der Waals surface area contributed by atoms with Crippen LogP contribution in [0.1, 0.15) is 44.4 Å². The Hall–Kier alpha value is -3.21. The summed E-state index contributed by atoms with van der Waals surface area (Å²) in [7, 11) is 0. The molecule has 1 atom stereocenters. The molecule has 0 aliphatic carbocycles. The molecular formula is C25H29N3O2. The van der Waals surface area contributed by atoms with E-state index in [1.54, 1.807) is 6.20 Å². The summed E-state index contributed by atoms with van der Waals surface area (Å²) in [4.78, 5) is 22.0. The number of ether oxygens (including phenoxy) is 1. The van der Waals surface area contributed by atoms with Crippen LogP contribution in [0.4, 0.5) is 5.82 Å². The Morgan fingerprint density at radius 2 is 1.73 bits per heavy atom. The monoisotopic (exact) mass is 403 g/mol. The third kappa shape index (κ3) is 5.89. The van der Waals surface area contributed by atoms with Gasteiger partial charge in [-0.05, 0) is 18.4 Å². The Labute approximate surface area is 178 Å². The van der Waals surface area contributed by atoms with E-state index < -0.39 is 6.04 Å². The number of carbonyl (C=O) groups is 1. The molecule has 2 aromatic carbocycles. The van der Waals surface area contributed by atoms with Crippen molar-refractivity contribution in [2.75, 3.05) is 11.9 Å². The number of hydrogen-bond donors (Lipinski definition) is 1. The third-order valence-electron chi connectivity index (χ3n) is 4.87. The van der Waals surface area contributed by atoms with Gasteiger partial charge in [0.25, 0.3) is 0 Å². The number of hydrogen-bond acceptors (Lipinski definition) is 5. The summed E-state index contributed by atoms with van der Waals surface area (Å²) in [6.07, 6.45) is 4.84. The summed E-state index contributed by atoms with van der Waals surface area (Å²) in [6, 6.07) is 19.7. The molecule has 0 bridgehead atoms. The van der Waals surface area contributed by atoms with Crippen molar-refractivity contribution in [2.24, 2.45) is 0 Å². The molecule has 0 saturated heterocycles. The lowest BCUT2D eigenvalue weighted by atomic mass is 10.1. The van der Waals surface area contributed by atoms with E-state index in [0.717, 1.165) is 35.4 Å². The Morgan fingerprint density at radius 3 is 2.40 bits per heavy atom. The quantitative estimate of drug-likeness (QED) is 0.369. The van der Waals surface area contributed by atoms with E-state index in [9.17, 15) is 4.79 Å². The maximum absolute atomic E-state index is 12.5. The van der Waals surface area contributed by atoms with Crippen molar-refractivity contribution >= 4 is 11.8 Å². The standard InChI is InChI=1S/C25H29N3O2/c1-3-5-16-30-25(29)21(4-2)28-24-22(17-19-12-8-6-9-13-19)27-23(18-26-24)20-14-10-7-11-15-20/h6-15,18,21H,3-5,16-17H2,1-2H3,(H,26,28). The van der Waals surface area contributed by atoms with E-state index in [4.69, 9.17) is 9.72 Å². The van der Waals surface area contributed by atoms with Crippen LogP contribution >= 0.6 is 0 Å². The lowest BCUT2D eigenvalue weighted by Gasteiger charge is -2.19. The normalized spacial score (nSPS) is 11.7. The van der Waals surface area contributed by atoms with Gasteiger partial charge in [0.1, 0.15) is 11.9 Å². The molecule has 1 unspecified atom stereocenters. The van der Waals surface area contributed by atoms with Crippen LogP contribution in [0.5, 0.6) is 0 Å². The van der Waals surface area contributed by atoms with E-state index in [1.807, 2.05) is 55.5 Å². The summed E-state index contributed by atoms with van der Waals surface area (Å²) in [5.41, 5.74) is 3.77. The van der Waals surface area contributed by atoms with Gasteiger partial charge >= 0.3 is 5.97 Å². The SMILES string of the molecule is CCCCOC(=O)C(CC)Nc1ncc(-c2ccccc2)nc1Cc1ccccc1. The average molecular weight is 404 g/mol. The number of carbonyl (C=O) groups excluding carboxylic acids is 1. The zero-order valence-electron chi connectivity index (χ0n) is 17.7. The van der Waals surface area contributed by atoms with Crippen molar-refractivity contribution in [3.8, 4) is 11.3 Å². The number of benzene rings is 2. The minimum Gasteiger partial charge on any atom is -0.464 e. The second-order valence-electron chi connectivity index (χ2n) is 7.21. The first kappa shape index (κ1) is 21.5. The smallest absolute Gasteiger partial charge is 0.328 e. The zero-order valence-corrected chi connectivity index (χ0v) is 17.7. The van der Waals surface area contributed by atoms with Gasteiger partial charge in [0.05, 0.1) is 24.2 Å². The molecule has 5 nitrogen and oxygen atoms in total. The number of nitrogens with zero attached hydrogens (tertiary/aromatic N) is 2. The average Bonchev–Trinajstić information content (AvgIpc) is 2.79. The predicted octanol–water partition coefficient (Wildman–Crippen LogP) is 5.27. The lowest BCUT2D eigenvalue weighted by Crippen LogP contribution is -2.32. The van der Waals surface area contributed by atoms with Gasteiger partial charge in [-0.2, -0.15) is 0 Å². The van der Waals surface area contributed by atoms with Gasteiger partial charge in [-0.3, -0.25) is 0 Å². The van der Waals surface area contributed by atoms with Crippen LogP contribution in [0.2, 0.25) is 0 Å². The zero-order chi connectivity index (χ0) is 21.2. The van der Waals surface area contributed by atoms with E-state index in [1.165, 1.54) is 0 Å². The van der Waals surface area contributed by atoms with E-state index >= 15 is 0 Å². The predicted molar refractivity (Wildman–Crippen MR) is 120 cm³/mol. The molecule has 0 saturated carbocycles. The highest BCUT2D eigenvalue weighted by Gasteiger charge is 2.20. The molecule has 0 spiro atoms. The molecule has 1 aromatic heterocycles. The molecule has 1 heterocycles. The molecule has 5 heteroatoms. The Kier molecular flexibility index (Phi) is 7.95. The first-order chi connectivity index (χ1) is 14.7. The van der Waals surface area contributed by atoms with Gasteiger partial charge in [-0.25, -0.2) is 14.8 Å². The van der Waals surface area contributed by atoms with Crippen molar-refractivity contribution in [3.63, 3.8) is 0 Å². The Balaban J connectivity index is 1.87. The van der Waals surface area contributed by atoms with Gasteiger partial charge in [-0.1, -0.05) is 80.9 Å². The summed E-state index contributed by atoms with van der Waals surface area (Å²) in [5, 5.41) is 3.27. The Morgan fingerprint density at radius 1 is 1.03 bits per heavy atom. The summed E-state index contributed by atoms with van der Waals surface area (Å²) < 4.78 is 5.41. The molecule has 0 fully saturated rings. The van der Waals surface area contributed by atoms with Gasteiger partial charge in [0.2, 0.25) is 0 Å². The van der Waals surface area contributed by atoms with Crippen molar-refractivity contribution in [1.29, 1.82) is 0 Å². The molecule has 0 aliphatic heterocycles. The van der Waals surface area contributed by atoms with E-state index in [-0.39, 0.29) is 5.97 Å². The van der Waals surface area contributed by atoms with E-state index in [0.29, 0.717) is 25.3 Å². The van der Waals surface area contributed by atoms with Crippen LogP contribution < -0.4 is 5.32 Å². The second-order valence-corrected chi connectivity index (χ2v) is 7.21. The van der Waals surface area contributed by atoms with E-state index in [2.05, 4.69) is 29.4 Å². The van der Waals surface area contributed by atoms with Crippen LogP contribution in [-0.4, -0.2) is 28.6 Å². The van der Waals surface area contributed by atoms with Gasteiger partial charge < -0.3 is 10.1 Å². The molecular weight excluding hydrogens is 374 g/mol. The summed E-state index contributed by atoms with van der Waals surface area (Å²) in [6.45, 7) is 4.48. The first-order valence-corrected chi connectivity index (χ1v) is 10.6. The highest BCUT2D eigenvalue weighted by molar-refractivity contribution is 5.79. The molecule has 30 heavy (non-hydrogen) atoms. The Bertz CT molecular complexity index is 930. The second kappa shape index (κ2) is 11.1. The lowest BCUT2D eigenvalue weighted by molar-refractivity contribution is -0.144. The van der Waals surface area contributed by atoms with Crippen molar-refractivity contribution in [3.05, 3.63) is 78.1 Å². The molecule has 3 rings (SSSR count). The maximum Gasteiger partial charge on any atom is 0.328 e. The highest BCUT2D eigenvalue weighted by atomic mass is 16.5. The fourth-order valence-corrected chi connectivity index (χ4v) is 3.12. The van der Waals surface area contributed by atoms with Crippen LogP contribution in [0.3, 0.4) is 0 Å². The number of anilines is 1. The van der Waals surface area contributed by atoms with Crippen molar-refractivity contribution < 1.29 is 9.53 Å². The van der Waals surface area contributed by atoms with Crippen molar-refractivity contribution in [1.82, 2.24) is 9.97 Å². The topological polar surface area (TPSA) is 64.1 Å². The molecule has 1 N–H and O–H groups in total. The number of esters is 1. The minimum atomic E-state index is -0.451. The van der Waals surface area contributed by atoms with Crippen LogP contribution in [0.25, 0.3) is 11.3 Å². The van der Waals surface area contributed by atoms with Crippen LogP contribution in [0, 0.1) is 0 Å².